The first-order valence-electron chi connectivity index (χ1n) is 6.47. The molecule has 5 nitrogen and oxygen atoms in total. The van der Waals surface area contributed by atoms with E-state index in [4.69, 9.17) is 16.7 Å². The third-order valence-electron chi connectivity index (χ3n) is 3.46. The van der Waals surface area contributed by atoms with Crippen LogP contribution in [0.4, 0.5) is 0 Å². The second kappa shape index (κ2) is 6.13. The molecule has 0 spiro atoms. The molecule has 1 heterocycles. The maximum absolute atomic E-state index is 12.4. The number of aliphatic carboxylic acids is 1. The van der Waals surface area contributed by atoms with Crippen LogP contribution in [0.25, 0.3) is 0 Å². The summed E-state index contributed by atoms with van der Waals surface area (Å²) in [5, 5.41) is 19.0. The number of phenolic OH excluding ortho intramolecular Hbond substituents is 1. The summed E-state index contributed by atoms with van der Waals surface area (Å²) in [6.45, 7) is 0.970. The van der Waals surface area contributed by atoms with Crippen LogP contribution in [0.5, 0.6) is 5.75 Å². The molecule has 1 unspecified atom stereocenters. The van der Waals surface area contributed by atoms with Gasteiger partial charge in [-0.3, -0.25) is 9.59 Å². The summed E-state index contributed by atoms with van der Waals surface area (Å²) in [7, 11) is 0. The zero-order valence-electron chi connectivity index (χ0n) is 10.9. The van der Waals surface area contributed by atoms with E-state index in [1.54, 1.807) is 4.90 Å². The molecule has 1 aromatic rings. The number of rotatable bonds is 3. The lowest BCUT2D eigenvalue weighted by Gasteiger charge is -2.32. The predicted octanol–water partition coefficient (Wildman–Crippen LogP) is 2.37. The predicted molar refractivity (Wildman–Crippen MR) is 74.0 cm³/mol. The highest BCUT2D eigenvalue weighted by atomic mass is 35.5. The Bertz CT molecular complexity index is 532. The highest BCUT2D eigenvalue weighted by molar-refractivity contribution is 6.31. The van der Waals surface area contributed by atoms with Crippen LogP contribution in [0.2, 0.25) is 5.02 Å². The molecule has 0 aromatic heterocycles. The lowest BCUT2D eigenvalue weighted by molar-refractivity contribution is -0.138. The molecule has 0 bridgehead atoms. The standard InChI is InChI=1S/C14H16ClNO4/c15-10-3-4-12(17)11(7-10)14(20)16-5-1-2-9(8-16)6-13(18)19/h3-4,7,9,17H,1-2,5-6,8H2,(H,18,19). The number of benzene rings is 1. The fourth-order valence-corrected chi connectivity index (χ4v) is 2.69. The third kappa shape index (κ3) is 3.42. The van der Waals surface area contributed by atoms with Crippen molar-refractivity contribution in [3.05, 3.63) is 28.8 Å². The van der Waals surface area contributed by atoms with Crippen molar-refractivity contribution in [2.24, 2.45) is 5.92 Å². The molecule has 1 aliphatic heterocycles. The van der Waals surface area contributed by atoms with Gasteiger partial charge in [-0.15, -0.1) is 0 Å². The summed E-state index contributed by atoms with van der Waals surface area (Å²) in [6.07, 6.45) is 1.63. The number of carboxylic acids is 1. The molecule has 1 atom stereocenters. The zero-order valence-corrected chi connectivity index (χ0v) is 11.6. The number of hydrogen-bond acceptors (Lipinski definition) is 3. The maximum atomic E-state index is 12.4. The molecule has 1 saturated heterocycles. The largest absolute Gasteiger partial charge is 0.507 e. The van der Waals surface area contributed by atoms with Crippen molar-refractivity contribution in [1.82, 2.24) is 4.90 Å². The number of piperidine rings is 1. The van der Waals surface area contributed by atoms with Gasteiger partial charge in [-0.1, -0.05) is 11.6 Å². The van der Waals surface area contributed by atoms with E-state index in [2.05, 4.69) is 0 Å². The molecular weight excluding hydrogens is 282 g/mol. The Kier molecular flexibility index (Phi) is 4.49. The molecule has 0 radical (unpaired) electrons. The van der Waals surface area contributed by atoms with Crippen molar-refractivity contribution in [3.8, 4) is 5.75 Å². The Labute approximate surface area is 121 Å². The smallest absolute Gasteiger partial charge is 0.303 e. The van der Waals surface area contributed by atoms with Crippen molar-refractivity contribution < 1.29 is 19.8 Å². The first kappa shape index (κ1) is 14.7. The summed E-state index contributed by atoms with van der Waals surface area (Å²) < 4.78 is 0. The molecule has 108 valence electrons. The van der Waals surface area contributed by atoms with E-state index in [9.17, 15) is 14.7 Å². The second-order valence-corrected chi connectivity index (χ2v) is 5.46. The maximum Gasteiger partial charge on any atom is 0.303 e. The minimum Gasteiger partial charge on any atom is -0.507 e. The number of likely N-dealkylation sites (tertiary alicyclic amines) is 1. The fourth-order valence-electron chi connectivity index (χ4n) is 2.51. The minimum atomic E-state index is -0.852. The van der Waals surface area contributed by atoms with Gasteiger partial charge in [-0.05, 0) is 37.0 Å². The van der Waals surface area contributed by atoms with Gasteiger partial charge in [0.1, 0.15) is 5.75 Å². The van der Waals surface area contributed by atoms with Gasteiger partial charge >= 0.3 is 5.97 Å². The van der Waals surface area contributed by atoms with Crippen molar-refractivity contribution in [3.63, 3.8) is 0 Å². The molecule has 0 aliphatic carbocycles. The molecule has 1 aliphatic rings. The average Bonchev–Trinajstić information content (AvgIpc) is 2.40. The minimum absolute atomic E-state index is 0.0356. The molecule has 1 aromatic carbocycles. The average molecular weight is 298 g/mol. The Balaban J connectivity index is 2.12. The number of phenols is 1. The summed E-state index contributed by atoms with van der Waals surface area (Å²) in [4.78, 5) is 24.7. The molecular formula is C14H16ClNO4. The third-order valence-corrected chi connectivity index (χ3v) is 3.69. The van der Waals surface area contributed by atoms with Crippen LogP contribution >= 0.6 is 11.6 Å². The van der Waals surface area contributed by atoms with Crippen LogP contribution in [-0.2, 0) is 4.79 Å². The van der Waals surface area contributed by atoms with Gasteiger partial charge in [-0.25, -0.2) is 0 Å². The molecule has 20 heavy (non-hydrogen) atoms. The van der Waals surface area contributed by atoms with E-state index >= 15 is 0 Å². The van der Waals surface area contributed by atoms with E-state index in [1.807, 2.05) is 0 Å². The topological polar surface area (TPSA) is 77.8 Å². The van der Waals surface area contributed by atoms with Gasteiger partial charge in [0.2, 0.25) is 0 Å². The van der Waals surface area contributed by atoms with E-state index in [0.29, 0.717) is 18.1 Å². The van der Waals surface area contributed by atoms with Crippen LogP contribution in [0.15, 0.2) is 18.2 Å². The monoisotopic (exact) mass is 297 g/mol. The number of carboxylic acid groups (broad SMARTS) is 1. The normalized spacial score (nSPS) is 18.9. The first-order chi connectivity index (χ1) is 9.47. The van der Waals surface area contributed by atoms with Gasteiger partial charge in [0, 0.05) is 24.5 Å². The lowest BCUT2D eigenvalue weighted by Crippen LogP contribution is -2.40. The van der Waals surface area contributed by atoms with Crippen LogP contribution < -0.4 is 0 Å². The zero-order chi connectivity index (χ0) is 14.7. The number of carbonyl (C=O) groups is 2. The molecule has 1 amide bonds. The lowest BCUT2D eigenvalue weighted by atomic mass is 9.94. The Morgan fingerprint density at radius 2 is 2.15 bits per heavy atom. The number of halogens is 1. The number of nitrogens with zero attached hydrogens (tertiary/aromatic N) is 1. The number of amides is 1. The van der Waals surface area contributed by atoms with Crippen LogP contribution in [0.3, 0.4) is 0 Å². The molecule has 1 fully saturated rings. The second-order valence-electron chi connectivity index (χ2n) is 5.02. The molecule has 6 heteroatoms. The quantitative estimate of drug-likeness (QED) is 0.898. The summed E-state index contributed by atoms with van der Waals surface area (Å²) >= 11 is 5.84. The van der Waals surface area contributed by atoms with Gasteiger partial charge in [-0.2, -0.15) is 0 Å². The van der Waals surface area contributed by atoms with Gasteiger partial charge in [0.25, 0.3) is 5.91 Å². The molecule has 2 N–H and O–H groups in total. The van der Waals surface area contributed by atoms with Gasteiger partial charge in [0.05, 0.1) is 5.56 Å². The fraction of sp³-hybridized carbons (Fsp3) is 0.429. The van der Waals surface area contributed by atoms with Crippen molar-refractivity contribution in [2.45, 2.75) is 19.3 Å². The molecule has 2 rings (SSSR count). The van der Waals surface area contributed by atoms with Crippen LogP contribution in [-0.4, -0.2) is 40.1 Å². The highest BCUT2D eigenvalue weighted by Gasteiger charge is 2.27. The van der Waals surface area contributed by atoms with Gasteiger partial charge in [0.15, 0.2) is 0 Å². The Hall–Kier alpha value is -1.75. The van der Waals surface area contributed by atoms with E-state index in [1.165, 1.54) is 18.2 Å². The summed E-state index contributed by atoms with van der Waals surface area (Å²) in [5.74, 6) is -1.30. The summed E-state index contributed by atoms with van der Waals surface area (Å²) in [6, 6.07) is 4.32. The summed E-state index contributed by atoms with van der Waals surface area (Å²) in [5.41, 5.74) is 0.161. The van der Waals surface area contributed by atoms with E-state index in [0.717, 1.165) is 12.8 Å². The Morgan fingerprint density at radius 1 is 1.40 bits per heavy atom. The number of hydrogen-bond donors (Lipinski definition) is 2. The van der Waals surface area contributed by atoms with Crippen LogP contribution in [0, 0.1) is 5.92 Å². The van der Waals surface area contributed by atoms with Gasteiger partial charge < -0.3 is 15.1 Å². The SMILES string of the molecule is O=C(O)CC1CCCN(C(=O)c2cc(Cl)ccc2O)C1. The van der Waals surface area contributed by atoms with Crippen molar-refractivity contribution >= 4 is 23.5 Å². The highest BCUT2D eigenvalue weighted by Crippen LogP contribution is 2.26. The van der Waals surface area contributed by atoms with Crippen LogP contribution in [0.1, 0.15) is 29.6 Å². The van der Waals surface area contributed by atoms with E-state index in [-0.39, 0.29) is 29.6 Å². The molecule has 0 saturated carbocycles. The van der Waals surface area contributed by atoms with Crippen molar-refractivity contribution in [2.75, 3.05) is 13.1 Å². The van der Waals surface area contributed by atoms with Crippen molar-refractivity contribution in [1.29, 1.82) is 0 Å². The Morgan fingerprint density at radius 3 is 2.85 bits per heavy atom. The first-order valence-corrected chi connectivity index (χ1v) is 6.84. The number of aromatic hydroxyl groups is 1. The van der Waals surface area contributed by atoms with E-state index < -0.39 is 5.97 Å². The number of carbonyl (C=O) groups excluding carboxylic acids is 1.